The number of nitrogens with one attached hydrogen (secondary N) is 1. The molecule has 1 amide bonds. The lowest BCUT2D eigenvalue weighted by atomic mass is 10.2. The maximum Gasteiger partial charge on any atom is 0.237 e. The van der Waals surface area contributed by atoms with Gasteiger partial charge in [-0.3, -0.25) is 4.79 Å². The number of hydrogen-bond donors (Lipinski definition) is 2. The van der Waals surface area contributed by atoms with Crippen molar-refractivity contribution in [2.45, 2.75) is 19.0 Å². The summed E-state index contributed by atoms with van der Waals surface area (Å²) in [6, 6.07) is 3.21. The molecule has 1 aromatic heterocycles. The third-order valence-electron chi connectivity index (χ3n) is 2.47. The van der Waals surface area contributed by atoms with Gasteiger partial charge >= 0.3 is 0 Å². The van der Waals surface area contributed by atoms with Crippen LogP contribution in [0, 0.1) is 0 Å². The molecule has 0 unspecified atom stereocenters. The van der Waals surface area contributed by atoms with Crippen molar-refractivity contribution >= 4 is 17.7 Å². The minimum Gasteiger partial charge on any atom is -0.481 e. The van der Waals surface area contributed by atoms with Gasteiger partial charge in [-0.05, 0) is 24.5 Å². The zero-order valence-electron chi connectivity index (χ0n) is 10.7. The van der Waals surface area contributed by atoms with Crippen LogP contribution in [0.5, 0.6) is 5.88 Å². The molecule has 0 saturated heterocycles. The van der Waals surface area contributed by atoms with E-state index in [2.05, 4.69) is 10.3 Å². The molecule has 5 nitrogen and oxygen atoms in total. The van der Waals surface area contributed by atoms with Crippen LogP contribution in [0.4, 0.5) is 0 Å². The molecule has 0 fully saturated rings. The summed E-state index contributed by atoms with van der Waals surface area (Å²) in [5.41, 5.74) is 6.60. The quantitative estimate of drug-likeness (QED) is 0.765. The van der Waals surface area contributed by atoms with Gasteiger partial charge in [0.2, 0.25) is 11.8 Å². The van der Waals surface area contributed by atoms with Gasteiger partial charge in [-0.25, -0.2) is 4.98 Å². The van der Waals surface area contributed by atoms with E-state index in [1.54, 1.807) is 31.1 Å². The van der Waals surface area contributed by atoms with E-state index in [0.717, 1.165) is 11.3 Å². The molecule has 0 aliphatic rings. The van der Waals surface area contributed by atoms with Crippen molar-refractivity contribution in [2.24, 2.45) is 5.73 Å². The Morgan fingerprint density at radius 3 is 3.11 bits per heavy atom. The van der Waals surface area contributed by atoms with Crippen molar-refractivity contribution < 1.29 is 9.53 Å². The predicted molar refractivity (Wildman–Crippen MR) is 73.6 cm³/mol. The number of methoxy groups -OCH3 is 1. The summed E-state index contributed by atoms with van der Waals surface area (Å²) in [6.07, 6.45) is 4.32. The molecule has 0 saturated carbocycles. The van der Waals surface area contributed by atoms with Crippen LogP contribution >= 0.6 is 11.8 Å². The maximum atomic E-state index is 11.7. The summed E-state index contributed by atoms with van der Waals surface area (Å²) < 4.78 is 5.11. The van der Waals surface area contributed by atoms with Crippen LogP contribution in [-0.2, 0) is 11.3 Å². The second kappa shape index (κ2) is 7.94. The van der Waals surface area contributed by atoms with Gasteiger partial charge in [0.1, 0.15) is 0 Å². The highest BCUT2D eigenvalue weighted by molar-refractivity contribution is 7.98. The fraction of sp³-hybridized carbons (Fsp3) is 0.500. The smallest absolute Gasteiger partial charge is 0.237 e. The third kappa shape index (κ3) is 4.54. The molecule has 100 valence electrons. The van der Waals surface area contributed by atoms with E-state index in [4.69, 9.17) is 10.5 Å². The fourth-order valence-corrected chi connectivity index (χ4v) is 1.92. The Bertz CT molecular complexity index is 387. The standard InChI is InChI=1S/C12H19N3O2S/c1-17-12-9(4-3-6-14-12)8-15-11(16)10(13)5-7-18-2/h3-4,6,10H,5,7-8,13H2,1-2H3,(H,15,16)/t10-/m1/s1. The van der Waals surface area contributed by atoms with Gasteiger partial charge in [-0.15, -0.1) is 0 Å². The summed E-state index contributed by atoms with van der Waals surface area (Å²) >= 11 is 1.68. The number of carbonyl (C=O) groups excluding carboxylic acids is 1. The average Bonchev–Trinajstić information content (AvgIpc) is 2.42. The molecular formula is C12H19N3O2S. The third-order valence-corrected chi connectivity index (χ3v) is 3.11. The van der Waals surface area contributed by atoms with Crippen LogP contribution in [0.15, 0.2) is 18.3 Å². The van der Waals surface area contributed by atoms with Gasteiger partial charge in [0.05, 0.1) is 13.2 Å². The van der Waals surface area contributed by atoms with Crippen molar-refractivity contribution in [1.29, 1.82) is 0 Å². The van der Waals surface area contributed by atoms with Crippen molar-refractivity contribution in [3.63, 3.8) is 0 Å². The van der Waals surface area contributed by atoms with Gasteiger partial charge in [0, 0.05) is 18.3 Å². The van der Waals surface area contributed by atoms with E-state index in [9.17, 15) is 4.79 Å². The van der Waals surface area contributed by atoms with Crippen molar-refractivity contribution in [3.8, 4) is 5.88 Å². The Morgan fingerprint density at radius 1 is 1.67 bits per heavy atom. The Labute approximate surface area is 111 Å². The number of ether oxygens (including phenoxy) is 1. The lowest BCUT2D eigenvalue weighted by molar-refractivity contribution is -0.122. The number of amides is 1. The summed E-state index contributed by atoms with van der Waals surface area (Å²) in [4.78, 5) is 15.8. The molecule has 0 radical (unpaired) electrons. The number of nitrogens with two attached hydrogens (primary N) is 1. The van der Waals surface area contributed by atoms with Gasteiger partial charge in [-0.2, -0.15) is 11.8 Å². The minimum atomic E-state index is -0.458. The van der Waals surface area contributed by atoms with Gasteiger partial charge in [-0.1, -0.05) is 6.07 Å². The van der Waals surface area contributed by atoms with E-state index in [-0.39, 0.29) is 5.91 Å². The normalized spacial score (nSPS) is 11.9. The number of rotatable bonds is 7. The lowest BCUT2D eigenvalue weighted by Crippen LogP contribution is -2.40. The second-order valence-corrected chi connectivity index (χ2v) is 4.76. The minimum absolute atomic E-state index is 0.144. The molecule has 1 atom stereocenters. The summed E-state index contributed by atoms with van der Waals surface area (Å²) in [5, 5.41) is 2.79. The summed E-state index contributed by atoms with van der Waals surface area (Å²) in [6.45, 7) is 0.378. The van der Waals surface area contributed by atoms with Crippen LogP contribution in [0.3, 0.4) is 0 Å². The van der Waals surface area contributed by atoms with Crippen molar-refractivity contribution in [1.82, 2.24) is 10.3 Å². The molecule has 6 heteroatoms. The Balaban J connectivity index is 2.46. The molecule has 0 aliphatic carbocycles. The van der Waals surface area contributed by atoms with Crippen LogP contribution in [0.25, 0.3) is 0 Å². The first-order valence-corrected chi connectivity index (χ1v) is 7.08. The monoisotopic (exact) mass is 269 g/mol. The van der Waals surface area contributed by atoms with E-state index in [0.29, 0.717) is 18.8 Å². The number of thioether (sulfide) groups is 1. The van der Waals surface area contributed by atoms with E-state index >= 15 is 0 Å². The fourth-order valence-electron chi connectivity index (χ4n) is 1.43. The summed E-state index contributed by atoms with van der Waals surface area (Å²) in [7, 11) is 1.55. The maximum absolute atomic E-state index is 11.7. The lowest BCUT2D eigenvalue weighted by Gasteiger charge is -2.12. The highest BCUT2D eigenvalue weighted by Crippen LogP contribution is 2.12. The highest BCUT2D eigenvalue weighted by atomic mass is 32.2. The van der Waals surface area contributed by atoms with E-state index in [1.807, 2.05) is 12.3 Å². The first-order chi connectivity index (χ1) is 8.69. The predicted octanol–water partition coefficient (Wildman–Crippen LogP) is 0.787. The molecule has 18 heavy (non-hydrogen) atoms. The van der Waals surface area contributed by atoms with Crippen LogP contribution < -0.4 is 15.8 Å². The number of nitrogens with zero attached hydrogens (tertiary/aromatic N) is 1. The van der Waals surface area contributed by atoms with E-state index < -0.39 is 6.04 Å². The van der Waals surface area contributed by atoms with Crippen LogP contribution in [0.1, 0.15) is 12.0 Å². The zero-order valence-corrected chi connectivity index (χ0v) is 11.5. The largest absolute Gasteiger partial charge is 0.481 e. The Kier molecular flexibility index (Phi) is 6.53. The molecule has 0 bridgehead atoms. The molecule has 0 spiro atoms. The molecule has 1 aromatic rings. The van der Waals surface area contributed by atoms with Crippen molar-refractivity contribution in [3.05, 3.63) is 23.9 Å². The first kappa shape index (κ1) is 14.8. The van der Waals surface area contributed by atoms with Gasteiger partial charge < -0.3 is 15.8 Å². The number of hydrogen-bond acceptors (Lipinski definition) is 5. The molecule has 1 rings (SSSR count). The van der Waals surface area contributed by atoms with Gasteiger partial charge in [0.25, 0.3) is 0 Å². The molecule has 1 heterocycles. The molecule has 3 N–H and O–H groups in total. The molecule has 0 aromatic carbocycles. The molecule has 0 aliphatic heterocycles. The first-order valence-electron chi connectivity index (χ1n) is 5.69. The second-order valence-electron chi connectivity index (χ2n) is 3.78. The number of pyridine rings is 1. The Hall–Kier alpha value is -1.27. The number of aromatic nitrogens is 1. The average molecular weight is 269 g/mol. The van der Waals surface area contributed by atoms with Gasteiger partial charge in [0.15, 0.2) is 0 Å². The SMILES string of the molecule is COc1ncccc1CNC(=O)[C@H](N)CCSC. The topological polar surface area (TPSA) is 77.2 Å². The van der Waals surface area contributed by atoms with E-state index in [1.165, 1.54) is 0 Å². The zero-order chi connectivity index (χ0) is 13.4. The van der Waals surface area contributed by atoms with Crippen LogP contribution in [-0.4, -0.2) is 36.1 Å². The molecular weight excluding hydrogens is 250 g/mol. The number of carbonyl (C=O) groups is 1. The summed E-state index contributed by atoms with van der Waals surface area (Å²) in [5.74, 6) is 1.26. The Morgan fingerprint density at radius 2 is 2.44 bits per heavy atom. The highest BCUT2D eigenvalue weighted by Gasteiger charge is 2.13. The van der Waals surface area contributed by atoms with Crippen molar-refractivity contribution in [2.75, 3.05) is 19.1 Å². The van der Waals surface area contributed by atoms with Crippen LogP contribution in [0.2, 0.25) is 0 Å².